The van der Waals surface area contributed by atoms with E-state index in [4.69, 9.17) is 4.98 Å². The fourth-order valence-electron chi connectivity index (χ4n) is 4.60. The Bertz CT molecular complexity index is 1400. The van der Waals surface area contributed by atoms with Gasteiger partial charge in [-0.25, -0.2) is 0 Å². The van der Waals surface area contributed by atoms with E-state index in [9.17, 15) is 0 Å². The summed E-state index contributed by atoms with van der Waals surface area (Å²) in [5, 5.41) is 5.50. The van der Waals surface area contributed by atoms with Gasteiger partial charge in [0.15, 0.2) is 0 Å². The Hall–Kier alpha value is -2.41. The van der Waals surface area contributed by atoms with Gasteiger partial charge in [0.05, 0.1) is 0 Å². The Morgan fingerprint density at radius 3 is 2.20 bits per heavy atom. The molecular formula is C28H27NSe. The molecular weight excluding hydrogens is 429 g/mol. The van der Waals surface area contributed by atoms with Gasteiger partial charge >= 0.3 is 185 Å². The standard InChI is InChI=1S/C28H27NSe/c1-17-12-18(2)14-20(13-17)26-21-7-8-22-24-15-19(16-28(3,4)5)6-9-25(24)30-27(22)23(21)10-11-29-26/h6-15H,16H2,1-5H3. The van der Waals surface area contributed by atoms with E-state index >= 15 is 0 Å². The van der Waals surface area contributed by atoms with Crippen molar-refractivity contribution < 1.29 is 0 Å². The van der Waals surface area contributed by atoms with Gasteiger partial charge in [0.1, 0.15) is 0 Å². The number of aromatic nitrogens is 1. The summed E-state index contributed by atoms with van der Waals surface area (Å²) in [6.45, 7) is 11.3. The first-order chi connectivity index (χ1) is 14.3. The molecule has 0 bridgehead atoms. The van der Waals surface area contributed by atoms with Gasteiger partial charge in [-0.1, -0.05) is 0 Å². The second-order valence-corrected chi connectivity index (χ2v) is 12.0. The van der Waals surface area contributed by atoms with Crippen LogP contribution in [0.4, 0.5) is 0 Å². The second-order valence-electron chi connectivity index (χ2n) is 9.74. The molecule has 0 aliphatic rings. The van der Waals surface area contributed by atoms with Crippen LogP contribution in [0, 0.1) is 19.3 Å². The zero-order valence-corrected chi connectivity index (χ0v) is 20.0. The van der Waals surface area contributed by atoms with Crippen molar-refractivity contribution in [2.75, 3.05) is 0 Å². The Balaban J connectivity index is 1.75. The molecule has 2 heteroatoms. The maximum absolute atomic E-state index is 4.80. The molecule has 0 N–H and O–H groups in total. The summed E-state index contributed by atoms with van der Waals surface area (Å²) in [6.07, 6.45) is 3.09. The zero-order valence-electron chi connectivity index (χ0n) is 18.3. The first-order valence-electron chi connectivity index (χ1n) is 10.6. The molecule has 5 rings (SSSR count). The number of benzene rings is 3. The molecule has 0 saturated carbocycles. The van der Waals surface area contributed by atoms with Crippen molar-refractivity contribution in [3.63, 3.8) is 0 Å². The van der Waals surface area contributed by atoms with Crippen molar-refractivity contribution >= 4 is 44.6 Å². The van der Waals surface area contributed by atoms with Crippen LogP contribution < -0.4 is 0 Å². The van der Waals surface area contributed by atoms with Gasteiger partial charge in [0, 0.05) is 0 Å². The molecule has 2 aromatic heterocycles. The molecule has 2 heterocycles. The van der Waals surface area contributed by atoms with Gasteiger partial charge in [-0.3, -0.25) is 0 Å². The average Bonchev–Trinajstić information content (AvgIpc) is 3.04. The number of aryl methyl sites for hydroxylation is 2. The summed E-state index contributed by atoms with van der Waals surface area (Å²) < 4.78 is 3.02. The molecule has 0 radical (unpaired) electrons. The molecule has 0 saturated heterocycles. The first-order valence-corrected chi connectivity index (χ1v) is 12.3. The molecule has 0 amide bonds. The van der Waals surface area contributed by atoms with E-state index in [1.807, 2.05) is 6.20 Å². The van der Waals surface area contributed by atoms with Crippen molar-refractivity contribution in [2.24, 2.45) is 5.41 Å². The topological polar surface area (TPSA) is 12.9 Å². The van der Waals surface area contributed by atoms with Crippen LogP contribution >= 0.6 is 0 Å². The Morgan fingerprint density at radius 1 is 0.767 bits per heavy atom. The molecule has 5 aromatic rings. The molecule has 0 fully saturated rings. The summed E-state index contributed by atoms with van der Waals surface area (Å²) in [6, 6.07) is 20.7. The predicted molar refractivity (Wildman–Crippen MR) is 132 cm³/mol. The zero-order chi connectivity index (χ0) is 21.0. The van der Waals surface area contributed by atoms with Gasteiger partial charge < -0.3 is 0 Å². The van der Waals surface area contributed by atoms with Crippen LogP contribution in [0.1, 0.15) is 37.5 Å². The van der Waals surface area contributed by atoms with Gasteiger partial charge in [-0.2, -0.15) is 0 Å². The van der Waals surface area contributed by atoms with E-state index in [0.717, 1.165) is 12.1 Å². The summed E-state index contributed by atoms with van der Waals surface area (Å²) >= 11 is 0.339. The number of rotatable bonds is 2. The minimum absolute atomic E-state index is 0.302. The second kappa shape index (κ2) is 7.08. The van der Waals surface area contributed by atoms with Crippen molar-refractivity contribution in [1.82, 2.24) is 4.98 Å². The molecule has 3 aromatic carbocycles. The molecule has 0 aliphatic carbocycles. The molecule has 150 valence electrons. The van der Waals surface area contributed by atoms with Crippen LogP contribution in [0.15, 0.2) is 60.8 Å². The summed E-state index contributed by atoms with van der Waals surface area (Å²) in [5.74, 6) is 0. The summed E-state index contributed by atoms with van der Waals surface area (Å²) in [5.41, 5.74) is 6.63. The molecule has 0 aliphatic heterocycles. The molecule has 30 heavy (non-hydrogen) atoms. The number of hydrogen-bond donors (Lipinski definition) is 0. The SMILES string of the molecule is Cc1cc(C)cc(-c2nccc3c2ccc2c4cc(CC(C)(C)C)ccc4[se]c32)c1. The van der Waals surface area contributed by atoms with E-state index < -0.39 is 0 Å². The maximum atomic E-state index is 4.80. The molecule has 0 spiro atoms. The Labute approximate surface area is 184 Å². The predicted octanol–water partition coefficient (Wildman–Crippen LogP) is 7.47. The van der Waals surface area contributed by atoms with Crippen LogP contribution in [0.25, 0.3) is 41.3 Å². The van der Waals surface area contributed by atoms with Gasteiger partial charge in [-0.15, -0.1) is 0 Å². The number of fused-ring (bicyclic) bond motifs is 5. The van der Waals surface area contributed by atoms with Gasteiger partial charge in [0.25, 0.3) is 0 Å². The Kier molecular flexibility index (Phi) is 4.61. The third-order valence-electron chi connectivity index (χ3n) is 5.67. The normalized spacial score (nSPS) is 12.3. The van der Waals surface area contributed by atoms with E-state index in [1.54, 1.807) is 0 Å². The summed E-state index contributed by atoms with van der Waals surface area (Å²) in [4.78, 5) is 4.80. The molecule has 0 atom stereocenters. The van der Waals surface area contributed by atoms with Crippen LogP contribution in [0.3, 0.4) is 0 Å². The van der Waals surface area contributed by atoms with Crippen molar-refractivity contribution in [3.05, 3.63) is 77.5 Å². The average molecular weight is 456 g/mol. The van der Waals surface area contributed by atoms with E-state index in [-0.39, 0.29) is 0 Å². The van der Waals surface area contributed by atoms with Crippen molar-refractivity contribution in [1.29, 1.82) is 0 Å². The fourth-order valence-corrected chi connectivity index (χ4v) is 7.14. The van der Waals surface area contributed by atoms with Gasteiger partial charge in [0.2, 0.25) is 0 Å². The van der Waals surface area contributed by atoms with E-state index in [2.05, 4.69) is 89.2 Å². The summed E-state index contributed by atoms with van der Waals surface area (Å²) in [7, 11) is 0. The Morgan fingerprint density at radius 2 is 1.47 bits per heavy atom. The number of nitrogens with zero attached hydrogens (tertiary/aromatic N) is 1. The minimum atomic E-state index is 0.302. The van der Waals surface area contributed by atoms with Crippen molar-refractivity contribution in [3.8, 4) is 11.3 Å². The van der Waals surface area contributed by atoms with Crippen LogP contribution in [0.2, 0.25) is 0 Å². The first kappa shape index (κ1) is 19.5. The van der Waals surface area contributed by atoms with Gasteiger partial charge in [-0.05, 0) is 0 Å². The number of pyridine rings is 1. The van der Waals surface area contributed by atoms with Crippen LogP contribution in [-0.4, -0.2) is 19.5 Å². The molecule has 1 nitrogen and oxygen atoms in total. The fraction of sp³-hybridized carbons (Fsp3) is 0.250. The van der Waals surface area contributed by atoms with Crippen LogP contribution in [0.5, 0.6) is 0 Å². The molecule has 0 unspecified atom stereocenters. The third-order valence-corrected chi connectivity index (χ3v) is 8.23. The van der Waals surface area contributed by atoms with Crippen LogP contribution in [-0.2, 0) is 6.42 Å². The number of hydrogen-bond acceptors (Lipinski definition) is 1. The van der Waals surface area contributed by atoms with Crippen molar-refractivity contribution in [2.45, 2.75) is 41.0 Å². The third kappa shape index (κ3) is 3.49. The van der Waals surface area contributed by atoms with E-state index in [1.165, 1.54) is 52.3 Å². The van der Waals surface area contributed by atoms with E-state index in [0.29, 0.717) is 19.9 Å². The monoisotopic (exact) mass is 457 g/mol. The quantitative estimate of drug-likeness (QED) is 0.251.